The SMILES string of the molecule is COCCCNC(=O)CSc1nnc(-c2ccco2)n1CC(C)C. The number of hydrogen-bond acceptors (Lipinski definition) is 6. The van der Waals surface area contributed by atoms with Gasteiger partial charge in [0.2, 0.25) is 5.91 Å². The van der Waals surface area contributed by atoms with Crippen LogP contribution in [0.5, 0.6) is 0 Å². The number of ether oxygens (including phenoxy) is 1. The number of methoxy groups -OCH3 is 1. The van der Waals surface area contributed by atoms with Gasteiger partial charge in [0.05, 0.1) is 12.0 Å². The Kier molecular flexibility index (Phi) is 7.33. The number of carbonyl (C=O) groups is 1. The second kappa shape index (κ2) is 9.48. The zero-order valence-electron chi connectivity index (χ0n) is 14.3. The summed E-state index contributed by atoms with van der Waals surface area (Å²) >= 11 is 1.38. The van der Waals surface area contributed by atoms with E-state index in [1.807, 2.05) is 16.7 Å². The van der Waals surface area contributed by atoms with Crippen LogP contribution in [-0.2, 0) is 16.1 Å². The van der Waals surface area contributed by atoms with Crippen molar-refractivity contribution >= 4 is 17.7 Å². The van der Waals surface area contributed by atoms with E-state index < -0.39 is 0 Å². The molecule has 7 nitrogen and oxygen atoms in total. The molecule has 0 unspecified atom stereocenters. The predicted molar refractivity (Wildman–Crippen MR) is 92.8 cm³/mol. The Balaban J connectivity index is 1.98. The Morgan fingerprint density at radius 1 is 1.46 bits per heavy atom. The van der Waals surface area contributed by atoms with Gasteiger partial charge in [-0.05, 0) is 24.5 Å². The fourth-order valence-electron chi connectivity index (χ4n) is 2.14. The van der Waals surface area contributed by atoms with Crippen LogP contribution in [0, 0.1) is 5.92 Å². The van der Waals surface area contributed by atoms with Crippen LogP contribution in [0.3, 0.4) is 0 Å². The molecule has 0 saturated heterocycles. The highest BCUT2D eigenvalue weighted by atomic mass is 32.2. The minimum Gasteiger partial charge on any atom is -0.461 e. The summed E-state index contributed by atoms with van der Waals surface area (Å²) in [4.78, 5) is 11.9. The van der Waals surface area contributed by atoms with Crippen LogP contribution >= 0.6 is 11.8 Å². The standard InChI is InChI=1S/C16H24N4O3S/c1-12(2)10-20-15(13-6-4-9-23-13)18-19-16(20)24-11-14(21)17-7-5-8-22-3/h4,6,9,12H,5,7-8,10-11H2,1-3H3,(H,17,21). The van der Waals surface area contributed by atoms with E-state index in [4.69, 9.17) is 9.15 Å². The summed E-state index contributed by atoms with van der Waals surface area (Å²) in [7, 11) is 1.65. The number of amides is 1. The van der Waals surface area contributed by atoms with E-state index in [0.717, 1.165) is 18.1 Å². The van der Waals surface area contributed by atoms with Gasteiger partial charge in [-0.2, -0.15) is 0 Å². The van der Waals surface area contributed by atoms with Crippen molar-refractivity contribution in [2.75, 3.05) is 26.0 Å². The van der Waals surface area contributed by atoms with E-state index in [1.165, 1.54) is 11.8 Å². The van der Waals surface area contributed by atoms with Gasteiger partial charge in [0.25, 0.3) is 0 Å². The first-order valence-electron chi connectivity index (χ1n) is 7.97. The van der Waals surface area contributed by atoms with Crippen LogP contribution in [-0.4, -0.2) is 46.7 Å². The molecular formula is C16H24N4O3S. The van der Waals surface area contributed by atoms with Crippen molar-refractivity contribution in [2.24, 2.45) is 5.92 Å². The summed E-state index contributed by atoms with van der Waals surface area (Å²) < 4.78 is 12.4. The summed E-state index contributed by atoms with van der Waals surface area (Å²) in [6, 6.07) is 3.68. The molecule has 2 heterocycles. The quantitative estimate of drug-likeness (QED) is 0.522. The van der Waals surface area contributed by atoms with Gasteiger partial charge < -0.3 is 14.5 Å². The molecule has 0 fully saturated rings. The van der Waals surface area contributed by atoms with Crippen LogP contribution in [0.2, 0.25) is 0 Å². The van der Waals surface area contributed by atoms with E-state index in [0.29, 0.717) is 36.4 Å². The van der Waals surface area contributed by atoms with Gasteiger partial charge in [-0.3, -0.25) is 9.36 Å². The molecule has 0 aliphatic carbocycles. The van der Waals surface area contributed by atoms with Crippen LogP contribution in [0.25, 0.3) is 11.6 Å². The molecule has 1 amide bonds. The van der Waals surface area contributed by atoms with Gasteiger partial charge in [-0.25, -0.2) is 0 Å². The lowest BCUT2D eigenvalue weighted by molar-refractivity contribution is -0.118. The second-order valence-corrected chi connectivity index (χ2v) is 6.72. The summed E-state index contributed by atoms with van der Waals surface area (Å²) in [6.45, 7) is 6.28. The molecule has 0 bridgehead atoms. The van der Waals surface area contributed by atoms with Crippen molar-refractivity contribution in [1.29, 1.82) is 0 Å². The Morgan fingerprint density at radius 2 is 2.29 bits per heavy atom. The monoisotopic (exact) mass is 352 g/mol. The minimum absolute atomic E-state index is 0.0188. The minimum atomic E-state index is -0.0188. The van der Waals surface area contributed by atoms with Crippen LogP contribution in [0.1, 0.15) is 20.3 Å². The summed E-state index contributed by atoms with van der Waals surface area (Å²) in [5, 5.41) is 12.0. The molecule has 0 aliphatic rings. The van der Waals surface area contributed by atoms with Crippen molar-refractivity contribution in [3.05, 3.63) is 18.4 Å². The van der Waals surface area contributed by atoms with Crippen LogP contribution in [0.15, 0.2) is 28.0 Å². The lowest BCUT2D eigenvalue weighted by atomic mass is 10.2. The average molecular weight is 352 g/mol. The third-order valence-corrected chi connectivity index (χ3v) is 4.15. The number of hydrogen-bond donors (Lipinski definition) is 1. The molecule has 0 spiro atoms. The maximum absolute atomic E-state index is 11.9. The lowest BCUT2D eigenvalue weighted by Gasteiger charge is -2.11. The lowest BCUT2D eigenvalue weighted by Crippen LogP contribution is -2.27. The van der Waals surface area contributed by atoms with Gasteiger partial charge in [-0.1, -0.05) is 25.6 Å². The van der Waals surface area contributed by atoms with Gasteiger partial charge in [-0.15, -0.1) is 10.2 Å². The number of rotatable bonds is 10. The third kappa shape index (κ3) is 5.38. The zero-order chi connectivity index (χ0) is 17.4. The average Bonchev–Trinajstić information content (AvgIpc) is 3.19. The normalized spacial score (nSPS) is 11.2. The summed E-state index contributed by atoms with van der Waals surface area (Å²) in [5.74, 6) is 2.09. The first-order chi connectivity index (χ1) is 11.6. The van der Waals surface area contributed by atoms with Crippen molar-refractivity contribution in [3.8, 4) is 11.6 Å². The molecule has 24 heavy (non-hydrogen) atoms. The maximum atomic E-state index is 11.9. The zero-order valence-corrected chi connectivity index (χ0v) is 15.1. The van der Waals surface area contributed by atoms with Crippen LogP contribution < -0.4 is 5.32 Å². The number of nitrogens with zero attached hydrogens (tertiary/aromatic N) is 3. The summed E-state index contributed by atoms with van der Waals surface area (Å²) in [5.41, 5.74) is 0. The molecule has 0 saturated carbocycles. The van der Waals surface area contributed by atoms with Gasteiger partial charge in [0.1, 0.15) is 0 Å². The van der Waals surface area contributed by atoms with E-state index in [-0.39, 0.29) is 5.91 Å². The van der Waals surface area contributed by atoms with E-state index in [2.05, 4.69) is 29.4 Å². The van der Waals surface area contributed by atoms with Gasteiger partial charge in [0.15, 0.2) is 16.7 Å². The first-order valence-corrected chi connectivity index (χ1v) is 8.96. The van der Waals surface area contributed by atoms with Gasteiger partial charge in [0, 0.05) is 26.8 Å². The molecule has 0 radical (unpaired) electrons. The molecule has 1 N–H and O–H groups in total. The Bertz CT molecular complexity index is 625. The van der Waals surface area contributed by atoms with Crippen molar-refractivity contribution < 1.29 is 13.9 Å². The molecule has 0 aliphatic heterocycles. The fraction of sp³-hybridized carbons (Fsp3) is 0.562. The van der Waals surface area contributed by atoms with Crippen molar-refractivity contribution in [1.82, 2.24) is 20.1 Å². The Hall–Kier alpha value is -1.80. The topological polar surface area (TPSA) is 82.2 Å². The number of nitrogens with one attached hydrogen (secondary N) is 1. The second-order valence-electron chi connectivity index (χ2n) is 5.77. The summed E-state index contributed by atoms with van der Waals surface area (Å²) in [6.07, 6.45) is 2.42. The highest BCUT2D eigenvalue weighted by molar-refractivity contribution is 7.99. The van der Waals surface area contributed by atoms with E-state index in [9.17, 15) is 4.79 Å². The highest BCUT2D eigenvalue weighted by Crippen LogP contribution is 2.25. The Morgan fingerprint density at radius 3 is 2.96 bits per heavy atom. The predicted octanol–water partition coefficient (Wildman–Crippen LogP) is 2.44. The Labute approximate surface area is 146 Å². The molecule has 132 valence electrons. The number of carbonyl (C=O) groups excluding carboxylic acids is 1. The van der Waals surface area contributed by atoms with Gasteiger partial charge >= 0.3 is 0 Å². The molecule has 2 rings (SSSR count). The van der Waals surface area contributed by atoms with Crippen molar-refractivity contribution in [2.45, 2.75) is 32.0 Å². The number of thioether (sulfide) groups is 1. The molecule has 8 heteroatoms. The third-order valence-electron chi connectivity index (χ3n) is 3.19. The number of aromatic nitrogens is 3. The van der Waals surface area contributed by atoms with Crippen molar-refractivity contribution in [3.63, 3.8) is 0 Å². The molecule has 2 aromatic heterocycles. The molecule has 0 atom stereocenters. The van der Waals surface area contributed by atoms with E-state index in [1.54, 1.807) is 13.4 Å². The smallest absolute Gasteiger partial charge is 0.230 e. The first kappa shape index (κ1) is 18.5. The van der Waals surface area contributed by atoms with E-state index >= 15 is 0 Å². The number of furan rings is 1. The fourth-order valence-corrected chi connectivity index (χ4v) is 2.92. The highest BCUT2D eigenvalue weighted by Gasteiger charge is 2.18. The molecule has 0 aromatic carbocycles. The largest absolute Gasteiger partial charge is 0.461 e. The maximum Gasteiger partial charge on any atom is 0.230 e. The molecule has 2 aromatic rings. The van der Waals surface area contributed by atoms with Crippen LogP contribution in [0.4, 0.5) is 0 Å². The molecular weight excluding hydrogens is 328 g/mol.